The summed E-state index contributed by atoms with van der Waals surface area (Å²) in [7, 11) is 0. The number of hydrogen-bond donors (Lipinski definition) is 2. The van der Waals surface area contributed by atoms with Gasteiger partial charge < -0.3 is 15.6 Å². The first kappa shape index (κ1) is 19.5. The maximum Gasteiger partial charge on any atom is 0.249 e. The molecule has 1 amide bonds. The lowest BCUT2D eigenvalue weighted by Gasteiger charge is -2.11. The standard InChI is InChI=1S/C20H24N6O2/c1-11-6-5-7-15(10-11)18-25-19(28-26-18)14(4)22-17(27)9-8-16-12(2)23-20(21)24-13(16)3/h5-7,10,14H,8-9H2,1-4H3,(H,22,27)(H2,21,23,24)/t14-/m1/s1. The number of anilines is 1. The van der Waals surface area contributed by atoms with Crippen molar-refractivity contribution in [1.82, 2.24) is 25.4 Å². The van der Waals surface area contributed by atoms with E-state index in [4.69, 9.17) is 10.3 Å². The second-order valence-electron chi connectivity index (χ2n) is 6.85. The van der Waals surface area contributed by atoms with Crippen LogP contribution in [0.1, 0.15) is 47.8 Å². The number of amides is 1. The number of benzene rings is 1. The van der Waals surface area contributed by atoms with E-state index in [1.807, 2.05) is 52.0 Å². The average molecular weight is 380 g/mol. The maximum absolute atomic E-state index is 12.3. The van der Waals surface area contributed by atoms with Crippen molar-refractivity contribution in [1.29, 1.82) is 0 Å². The Morgan fingerprint density at radius 2 is 1.89 bits per heavy atom. The third-order valence-corrected chi connectivity index (χ3v) is 4.51. The molecular weight excluding hydrogens is 356 g/mol. The molecule has 8 nitrogen and oxygen atoms in total. The van der Waals surface area contributed by atoms with Gasteiger partial charge in [0.25, 0.3) is 0 Å². The van der Waals surface area contributed by atoms with Gasteiger partial charge in [-0.15, -0.1) is 0 Å². The van der Waals surface area contributed by atoms with Gasteiger partial charge in [0.2, 0.25) is 23.6 Å². The summed E-state index contributed by atoms with van der Waals surface area (Å²) >= 11 is 0. The molecule has 2 aromatic heterocycles. The summed E-state index contributed by atoms with van der Waals surface area (Å²) in [4.78, 5) is 25.1. The monoisotopic (exact) mass is 380 g/mol. The molecule has 3 N–H and O–H groups in total. The second-order valence-corrected chi connectivity index (χ2v) is 6.85. The molecule has 0 aliphatic heterocycles. The normalized spacial score (nSPS) is 12.0. The number of nitrogens with one attached hydrogen (secondary N) is 1. The number of hydrogen-bond acceptors (Lipinski definition) is 7. The van der Waals surface area contributed by atoms with Gasteiger partial charge in [0.1, 0.15) is 6.04 Å². The highest BCUT2D eigenvalue weighted by molar-refractivity contribution is 5.76. The topological polar surface area (TPSA) is 120 Å². The number of nitrogen functional groups attached to an aromatic ring is 1. The molecule has 0 radical (unpaired) electrons. The number of aromatic nitrogens is 4. The van der Waals surface area contributed by atoms with Crippen LogP contribution in [0.25, 0.3) is 11.4 Å². The Morgan fingerprint density at radius 1 is 1.18 bits per heavy atom. The highest BCUT2D eigenvalue weighted by Gasteiger charge is 2.18. The van der Waals surface area contributed by atoms with E-state index in [1.54, 1.807) is 0 Å². The van der Waals surface area contributed by atoms with Crippen molar-refractivity contribution in [2.75, 3.05) is 5.73 Å². The first-order valence-corrected chi connectivity index (χ1v) is 9.13. The zero-order chi connectivity index (χ0) is 20.3. The van der Waals surface area contributed by atoms with Crippen molar-refractivity contribution in [2.45, 2.75) is 46.6 Å². The van der Waals surface area contributed by atoms with Gasteiger partial charge in [-0.25, -0.2) is 9.97 Å². The molecule has 1 aromatic carbocycles. The molecule has 8 heteroatoms. The van der Waals surface area contributed by atoms with Gasteiger partial charge in [0, 0.05) is 23.4 Å². The fourth-order valence-corrected chi connectivity index (χ4v) is 3.05. The van der Waals surface area contributed by atoms with Crippen LogP contribution in [0.3, 0.4) is 0 Å². The number of nitrogens with two attached hydrogens (primary N) is 1. The summed E-state index contributed by atoms with van der Waals surface area (Å²) < 4.78 is 5.33. The van der Waals surface area contributed by atoms with E-state index in [2.05, 4.69) is 25.4 Å². The van der Waals surface area contributed by atoms with Gasteiger partial charge in [-0.1, -0.05) is 28.9 Å². The summed E-state index contributed by atoms with van der Waals surface area (Å²) in [6, 6.07) is 7.46. The molecule has 0 fully saturated rings. The van der Waals surface area contributed by atoms with Crippen LogP contribution in [-0.4, -0.2) is 26.0 Å². The molecule has 0 unspecified atom stereocenters. The summed E-state index contributed by atoms with van der Waals surface area (Å²) in [6.45, 7) is 7.55. The van der Waals surface area contributed by atoms with Crippen molar-refractivity contribution in [3.8, 4) is 11.4 Å². The fourth-order valence-electron chi connectivity index (χ4n) is 3.05. The van der Waals surface area contributed by atoms with Crippen molar-refractivity contribution in [3.05, 3.63) is 52.7 Å². The van der Waals surface area contributed by atoms with E-state index in [-0.39, 0.29) is 17.9 Å². The fraction of sp³-hybridized carbons (Fsp3) is 0.350. The molecular formula is C20H24N6O2. The number of rotatable bonds is 6. The highest BCUT2D eigenvalue weighted by atomic mass is 16.5. The van der Waals surface area contributed by atoms with Gasteiger partial charge >= 0.3 is 0 Å². The third kappa shape index (κ3) is 4.51. The van der Waals surface area contributed by atoms with E-state index >= 15 is 0 Å². The van der Waals surface area contributed by atoms with Gasteiger partial charge in [0.15, 0.2) is 0 Å². The predicted molar refractivity (Wildman–Crippen MR) is 105 cm³/mol. The largest absolute Gasteiger partial charge is 0.368 e. The lowest BCUT2D eigenvalue weighted by Crippen LogP contribution is -2.27. The first-order chi connectivity index (χ1) is 13.3. The van der Waals surface area contributed by atoms with Crippen LogP contribution in [0.4, 0.5) is 5.95 Å². The van der Waals surface area contributed by atoms with Crippen LogP contribution in [0, 0.1) is 20.8 Å². The Morgan fingerprint density at radius 3 is 2.57 bits per heavy atom. The highest BCUT2D eigenvalue weighted by Crippen LogP contribution is 2.20. The molecule has 1 atom stereocenters. The molecule has 0 spiro atoms. The van der Waals surface area contributed by atoms with Crippen molar-refractivity contribution < 1.29 is 9.32 Å². The average Bonchev–Trinajstić information content (AvgIpc) is 3.11. The van der Waals surface area contributed by atoms with E-state index in [1.165, 1.54) is 0 Å². The molecule has 3 aromatic rings. The van der Waals surface area contributed by atoms with Crippen LogP contribution >= 0.6 is 0 Å². The quantitative estimate of drug-likeness (QED) is 0.674. The lowest BCUT2D eigenvalue weighted by atomic mass is 10.1. The summed E-state index contributed by atoms with van der Waals surface area (Å²) in [6.07, 6.45) is 0.840. The summed E-state index contributed by atoms with van der Waals surface area (Å²) in [5.74, 6) is 1.01. The minimum atomic E-state index is -0.386. The Kier molecular flexibility index (Phi) is 5.67. The van der Waals surface area contributed by atoms with E-state index in [0.29, 0.717) is 24.6 Å². The maximum atomic E-state index is 12.3. The van der Waals surface area contributed by atoms with E-state index < -0.39 is 0 Å². The van der Waals surface area contributed by atoms with Gasteiger partial charge in [-0.05, 0) is 45.7 Å². The number of aryl methyl sites for hydroxylation is 3. The van der Waals surface area contributed by atoms with Gasteiger partial charge in [-0.3, -0.25) is 4.79 Å². The summed E-state index contributed by atoms with van der Waals surface area (Å²) in [5, 5.41) is 6.91. The predicted octanol–water partition coefficient (Wildman–Crippen LogP) is 2.84. The smallest absolute Gasteiger partial charge is 0.249 e. The Labute approximate surface area is 163 Å². The molecule has 28 heavy (non-hydrogen) atoms. The Hall–Kier alpha value is -3.29. The second kappa shape index (κ2) is 8.16. The van der Waals surface area contributed by atoms with Crippen molar-refractivity contribution in [2.24, 2.45) is 0 Å². The number of carbonyl (C=O) groups is 1. The SMILES string of the molecule is Cc1cccc(-c2noc([C@@H](C)NC(=O)CCc3c(C)nc(N)nc3C)n2)c1. The van der Waals surface area contributed by atoms with E-state index in [9.17, 15) is 4.79 Å². The molecule has 0 saturated heterocycles. The molecule has 146 valence electrons. The molecule has 0 saturated carbocycles. The van der Waals surface area contributed by atoms with Gasteiger partial charge in [0.05, 0.1) is 0 Å². The number of carbonyl (C=O) groups excluding carboxylic acids is 1. The summed E-state index contributed by atoms with van der Waals surface area (Å²) in [5.41, 5.74) is 10.2. The Bertz CT molecular complexity index is 975. The van der Waals surface area contributed by atoms with Crippen LogP contribution in [0.2, 0.25) is 0 Å². The first-order valence-electron chi connectivity index (χ1n) is 9.13. The minimum Gasteiger partial charge on any atom is -0.368 e. The third-order valence-electron chi connectivity index (χ3n) is 4.51. The minimum absolute atomic E-state index is 0.113. The molecule has 2 heterocycles. The van der Waals surface area contributed by atoms with Crippen LogP contribution in [0.5, 0.6) is 0 Å². The van der Waals surface area contributed by atoms with Crippen molar-refractivity contribution in [3.63, 3.8) is 0 Å². The van der Waals surface area contributed by atoms with Crippen LogP contribution in [0.15, 0.2) is 28.8 Å². The van der Waals surface area contributed by atoms with Crippen molar-refractivity contribution >= 4 is 11.9 Å². The molecule has 0 aliphatic rings. The molecule has 3 rings (SSSR count). The Balaban J connectivity index is 1.61. The van der Waals surface area contributed by atoms with E-state index in [0.717, 1.165) is 28.1 Å². The molecule has 0 aliphatic carbocycles. The zero-order valence-electron chi connectivity index (χ0n) is 16.5. The lowest BCUT2D eigenvalue weighted by molar-refractivity contribution is -0.121. The van der Waals surface area contributed by atoms with Crippen LogP contribution < -0.4 is 11.1 Å². The van der Waals surface area contributed by atoms with Gasteiger partial charge in [-0.2, -0.15) is 4.98 Å². The zero-order valence-corrected chi connectivity index (χ0v) is 16.5. The number of nitrogens with zero attached hydrogens (tertiary/aromatic N) is 4. The van der Waals surface area contributed by atoms with Crippen LogP contribution in [-0.2, 0) is 11.2 Å². The molecule has 0 bridgehead atoms.